The number of carbonyl (C=O) groups excluding carboxylic acids is 1. The highest BCUT2D eigenvalue weighted by atomic mass is 16.2. The van der Waals surface area contributed by atoms with Crippen molar-refractivity contribution in [1.29, 1.82) is 0 Å². The quantitative estimate of drug-likeness (QED) is 0.830. The maximum atomic E-state index is 12.5. The lowest BCUT2D eigenvalue weighted by molar-refractivity contribution is 0.0637. The molecule has 1 unspecified atom stereocenters. The van der Waals surface area contributed by atoms with Crippen LogP contribution in [0, 0.1) is 11.8 Å². The summed E-state index contributed by atoms with van der Waals surface area (Å²) in [6, 6.07) is 3.87. The minimum absolute atomic E-state index is 0.0997. The Balaban J connectivity index is 1.77. The molecule has 0 aromatic carbocycles. The highest BCUT2D eigenvalue weighted by Crippen LogP contribution is 2.36. The van der Waals surface area contributed by atoms with Crippen molar-refractivity contribution < 1.29 is 4.79 Å². The van der Waals surface area contributed by atoms with Crippen molar-refractivity contribution in [2.45, 2.75) is 18.9 Å². The van der Waals surface area contributed by atoms with E-state index in [-0.39, 0.29) is 11.9 Å². The molecule has 1 aromatic heterocycles. The first-order valence-electron chi connectivity index (χ1n) is 6.87. The van der Waals surface area contributed by atoms with Gasteiger partial charge in [0, 0.05) is 37.9 Å². The Morgan fingerprint density at radius 2 is 2.11 bits per heavy atom. The number of nitrogens with one attached hydrogen (secondary N) is 1. The molecule has 102 valence electrons. The van der Waals surface area contributed by atoms with E-state index >= 15 is 0 Å². The highest BCUT2D eigenvalue weighted by Gasteiger charge is 2.41. The van der Waals surface area contributed by atoms with Gasteiger partial charge in [-0.05, 0) is 36.8 Å². The van der Waals surface area contributed by atoms with Gasteiger partial charge in [0.2, 0.25) is 0 Å². The predicted octanol–water partition coefficient (Wildman–Crippen LogP) is 0.933. The van der Waals surface area contributed by atoms with Gasteiger partial charge in [-0.1, -0.05) is 0 Å². The number of pyridine rings is 1. The summed E-state index contributed by atoms with van der Waals surface area (Å²) in [5, 5.41) is 2.96. The topological polar surface area (TPSA) is 71.2 Å². The molecule has 0 radical (unpaired) electrons. The minimum atomic E-state index is 0.0997. The van der Waals surface area contributed by atoms with Crippen LogP contribution in [-0.2, 0) is 0 Å². The van der Waals surface area contributed by atoms with Crippen LogP contribution in [0.3, 0.4) is 0 Å². The summed E-state index contributed by atoms with van der Waals surface area (Å²) in [5.74, 6) is 1.78. The van der Waals surface area contributed by atoms with E-state index in [0.29, 0.717) is 17.4 Å². The Hall–Kier alpha value is -1.62. The van der Waals surface area contributed by atoms with Gasteiger partial charge < -0.3 is 16.0 Å². The molecule has 2 fully saturated rings. The third kappa shape index (κ3) is 2.18. The summed E-state index contributed by atoms with van der Waals surface area (Å²) in [5.41, 5.74) is 6.88. The molecule has 1 aliphatic carbocycles. The van der Waals surface area contributed by atoms with Crippen LogP contribution in [0.25, 0.3) is 0 Å². The molecule has 1 aromatic rings. The molecule has 2 aliphatic rings. The molecule has 2 heterocycles. The lowest BCUT2D eigenvalue weighted by atomic mass is 9.93. The number of amides is 1. The molecule has 1 amide bonds. The van der Waals surface area contributed by atoms with Gasteiger partial charge in [0.15, 0.2) is 0 Å². The molecule has 19 heavy (non-hydrogen) atoms. The van der Waals surface area contributed by atoms with Crippen LogP contribution >= 0.6 is 0 Å². The Labute approximate surface area is 113 Å². The third-order valence-corrected chi connectivity index (χ3v) is 4.46. The summed E-state index contributed by atoms with van der Waals surface area (Å²) in [7, 11) is 1.80. The largest absolute Gasteiger partial charge is 0.373 e. The fraction of sp³-hybridized carbons (Fsp3) is 0.571. The first-order valence-corrected chi connectivity index (χ1v) is 6.87. The monoisotopic (exact) mass is 260 g/mol. The molecule has 1 aliphatic heterocycles. The fourth-order valence-corrected chi connectivity index (χ4v) is 3.31. The zero-order valence-corrected chi connectivity index (χ0v) is 11.2. The van der Waals surface area contributed by atoms with E-state index in [1.165, 1.54) is 0 Å². The van der Waals surface area contributed by atoms with Gasteiger partial charge in [0.05, 0.1) is 0 Å². The zero-order valence-electron chi connectivity index (χ0n) is 11.2. The number of nitrogens with zero attached hydrogens (tertiary/aromatic N) is 2. The van der Waals surface area contributed by atoms with Crippen molar-refractivity contribution in [3.8, 4) is 0 Å². The molecular formula is C14H20N4O. The summed E-state index contributed by atoms with van der Waals surface area (Å²) in [6.07, 6.45) is 3.99. The lowest BCUT2D eigenvalue weighted by Crippen LogP contribution is -2.50. The molecular weight excluding hydrogens is 240 g/mol. The van der Waals surface area contributed by atoms with Crippen molar-refractivity contribution in [3.05, 3.63) is 23.9 Å². The van der Waals surface area contributed by atoms with Gasteiger partial charge in [0.25, 0.3) is 5.91 Å². The van der Waals surface area contributed by atoms with E-state index in [1.54, 1.807) is 25.4 Å². The molecule has 1 saturated carbocycles. The molecule has 5 nitrogen and oxygen atoms in total. The maximum absolute atomic E-state index is 12.5. The molecule has 3 atom stereocenters. The number of piperidine rings is 1. The van der Waals surface area contributed by atoms with Crippen LogP contribution in [0.2, 0.25) is 0 Å². The van der Waals surface area contributed by atoms with Gasteiger partial charge in [0.1, 0.15) is 5.82 Å². The molecule has 5 heteroatoms. The maximum Gasteiger partial charge on any atom is 0.254 e. The normalized spacial score (nSPS) is 29.4. The Morgan fingerprint density at radius 3 is 2.74 bits per heavy atom. The number of nitrogens with two attached hydrogens (primary N) is 1. The van der Waals surface area contributed by atoms with Gasteiger partial charge in [-0.2, -0.15) is 0 Å². The predicted molar refractivity (Wildman–Crippen MR) is 73.9 cm³/mol. The van der Waals surface area contributed by atoms with Crippen LogP contribution in [0.15, 0.2) is 18.3 Å². The number of rotatable bonds is 2. The van der Waals surface area contributed by atoms with Crippen LogP contribution in [0.1, 0.15) is 23.2 Å². The highest BCUT2D eigenvalue weighted by molar-refractivity contribution is 5.95. The van der Waals surface area contributed by atoms with Crippen molar-refractivity contribution in [3.63, 3.8) is 0 Å². The van der Waals surface area contributed by atoms with Crippen molar-refractivity contribution in [1.82, 2.24) is 9.88 Å². The Kier molecular flexibility index (Phi) is 3.14. The van der Waals surface area contributed by atoms with Crippen LogP contribution < -0.4 is 11.1 Å². The molecule has 2 bridgehead atoms. The summed E-state index contributed by atoms with van der Waals surface area (Å²) >= 11 is 0. The Morgan fingerprint density at radius 1 is 1.42 bits per heavy atom. The number of anilines is 1. The van der Waals surface area contributed by atoms with Gasteiger partial charge >= 0.3 is 0 Å². The number of hydrogen-bond donors (Lipinski definition) is 2. The number of likely N-dealkylation sites (tertiary alicyclic amines) is 1. The third-order valence-electron chi connectivity index (χ3n) is 4.46. The van der Waals surface area contributed by atoms with E-state index in [0.717, 1.165) is 31.7 Å². The van der Waals surface area contributed by atoms with Crippen LogP contribution in [0.4, 0.5) is 5.82 Å². The fourth-order valence-electron chi connectivity index (χ4n) is 3.31. The molecule has 0 spiro atoms. The zero-order chi connectivity index (χ0) is 13.4. The Bertz CT molecular complexity index is 476. The number of carbonyl (C=O) groups is 1. The standard InChI is InChI=1S/C14H20N4O/c1-16-12-6-9(4-5-17-12)14(19)18-7-10-2-3-11(8-18)13(10)15/h4-6,10-11,13H,2-3,7-8,15H2,1H3,(H,16,17)/t10-,11+,13?. The van der Waals surface area contributed by atoms with Gasteiger partial charge in [-0.15, -0.1) is 0 Å². The lowest BCUT2D eigenvalue weighted by Gasteiger charge is -2.36. The van der Waals surface area contributed by atoms with E-state index in [9.17, 15) is 4.79 Å². The minimum Gasteiger partial charge on any atom is -0.373 e. The second-order valence-electron chi connectivity index (χ2n) is 5.56. The first-order chi connectivity index (χ1) is 9.19. The van der Waals surface area contributed by atoms with Gasteiger partial charge in [-0.25, -0.2) is 4.98 Å². The molecule has 3 rings (SSSR count). The van der Waals surface area contributed by atoms with Crippen LogP contribution in [0.5, 0.6) is 0 Å². The van der Waals surface area contributed by atoms with E-state index in [2.05, 4.69) is 10.3 Å². The summed E-state index contributed by atoms with van der Waals surface area (Å²) in [6.45, 7) is 1.60. The van der Waals surface area contributed by atoms with Crippen molar-refractivity contribution in [2.24, 2.45) is 17.6 Å². The molecule has 3 N–H and O–H groups in total. The second-order valence-corrected chi connectivity index (χ2v) is 5.56. The van der Waals surface area contributed by atoms with Crippen molar-refractivity contribution in [2.75, 3.05) is 25.5 Å². The van der Waals surface area contributed by atoms with E-state index in [1.807, 2.05) is 4.90 Å². The second kappa shape index (κ2) is 4.81. The average molecular weight is 260 g/mol. The smallest absolute Gasteiger partial charge is 0.254 e. The van der Waals surface area contributed by atoms with Crippen molar-refractivity contribution >= 4 is 11.7 Å². The summed E-state index contributed by atoms with van der Waals surface area (Å²) < 4.78 is 0. The van der Waals surface area contributed by atoms with E-state index in [4.69, 9.17) is 5.73 Å². The SMILES string of the molecule is CNc1cc(C(=O)N2C[C@H]3CC[C@@H](C2)C3N)ccn1. The van der Waals surface area contributed by atoms with Gasteiger partial charge in [-0.3, -0.25) is 4.79 Å². The van der Waals surface area contributed by atoms with E-state index < -0.39 is 0 Å². The molecule has 1 saturated heterocycles. The van der Waals surface area contributed by atoms with Crippen LogP contribution in [-0.4, -0.2) is 42.0 Å². The number of fused-ring (bicyclic) bond motifs is 2. The number of aromatic nitrogens is 1. The number of hydrogen-bond acceptors (Lipinski definition) is 4. The average Bonchev–Trinajstić information content (AvgIpc) is 2.68. The first kappa shape index (κ1) is 12.4. The summed E-state index contributed by atoms with van der Waals surface area (Å²) in [4.78, 5) is 18.6.